The molecule has 0 aromatic heterocycles. The van der Waals surface area contributed by atoms with Crippen LogP contribution < -0.4 is 5.32 Å². The van der Waals surface area contributed by atoms with Crippen molar-refractivity contribution in [1.82, 2.24) is 5.32 Å². The standard InChI is InChI=1S/C17H25NO/c1-17(2,3)15-7-4-13(5-8-15)11-18-16-9-6-14(10-16)12-19/h4-9,14,16,18-19H,10-12H2,1-3H3/t14-,16+/m0/s1. The SMILES string of the molecule is CC(C)(C)c1ccc(CN[C@@H]2C=C[C@H](CO)C2)cc1. The number of hydrogen-bond acceptors (Lipinski definition) is 2. The first-order valence-corrected chi connectivity index (χ1v) is 7.11. The molecule has 2 N–H and O–H groups in total. The van der Waals surface area contributed by atoms with E-state index in [1.807, 2.05) is 0 Å². The molecule has 1 aromatic carbocycles. The monoisotopic (exact) mass is 259 g/mol. The van der Waals surface area contributed by atoms with Gasteiger partial charge >= 0.3 is 0 Å². The summed E-state index contributed by atoms with van der Waals surface area (Å²) in [4.78, 5) is 0. The summed E-state index contributed by atoms with van der Waals surface area (Å²) in [5.74, 6) is 0.334. The molecule has 0 aliphatic heterocycles. The van der Waals surface area contributed by atoms with Gasteiger partial charge in [0, 0.05) is 25.1 Å². The molecule has 104 valence electrons. The molecule has 2 heteroatoms. The van der Waals surface area contributed by atoms with Crippen LogP contribution in [-0.2, 0) is 12.0 Å². The predicted molar refractivity (Wildman–Crippen MR) is 80.1 cm³/mol. The number of aliphatic hydroxyl groups excluding tert-OH is 1. The molecule has 0 heterocycles. The van der Waals surface area contributed by atoms with E-state index in [0.717, 1.165) is 13.0 Å². The topological polar surface area (TPSA) is 32.3 Å². The van der Waals surface area contributed by atoms with Crippen LogP contribution in [-0.4, -0.2) is 17.8 Å². The fourth-order valence-electron chi connectivity index (χ4n) is 2.43. The molecular formula is C17H25NO. The molecule has 1 aromatic rings. The van der Waals surface area contributed by atoms with Crippen molar-refractivity contribution in [2.45, 2.75) is 45.2 Å². The minimum absolute atomic E-state index is 0.217. The van der Waals surface area contributed by atoms with Crippen LogP contribution in [0.5, 0.6) is 0 Å². The molecule has 19 heavy (non-hydrogen) atoms. The third kappa shape index (κ3) is 3.92. The van der Waals surface area contributed by atoms with Gasteiger partial charge in [0.25, 0.3) is 0 Å². The van der Waals surface area contributed by atoms with E-state index < -0.39 is 0 Å². The maximum atomic E-state index is 9.10. The van der Waals surface area contributed by atoms with Crippen LogP contribution in [0.25, 0.3) is 0 Å². The lowest BCUT2D eigenvalue weighted by Gasteiger charge is -2.19. The Bertz CT molecular complexity index is 428. The highest BCUT2D eigenvalue weighted by Crippen LogP contribution is 2.22. The van der Waals surface area contributed by atoms with Crippen molar-refractivity contribution in [2.75, 3.05) is 6.61 Å². The Balaban J connectivity index is 1.86. The van der Waals surface area contributed by atoms with E-state index in [4.69, 9.17) is 5.11 Å². The first-order chi connectivity index (χ1) is 8.99. The predicted octanol–water partition coefficient (Wildman–Crippen LogP) is 3.01. The molecule has 2 rings (SSSR count). The van der Waals surface area contributed by atoms with Gasteiger partial charge < -0.3 is 10.4 Å². The zero-order valence-corrected chi connectivity index (χ0v) is 12.2. The second-order valence-electron chi connectivity index (χ2n) is 6.50. The minimum atomic E-state index is 0.217. The first-order valence-electron chi connectivity index (χ1n) is 7.11. The van der Waals surface area contributed by atoms with Crippen molar-refractivity contribution in [2.24, 2.45) is 5.92 Å². The summed E-state index contributed by atoms with van der Waals surface area (Å²) in [6.07, 6.45) is 5.29. The molecule has 0 amide bonds. The van der Waals surface area contributed by atoms with Crippen molar-refractivity contribution < 1.29 is 5.11 Å². The van der Waals surface area contributed by atoms with Crippen LogP contribution in [0.15, 0.2) is 36.4 Å². The van der Waals surface area contributed by atoms with Gasteiger partial charge in [-0.3, -0.25) is 0 Å². The minimum Gasteiger partial charge on any atom is -0.396 e. The first kappa shape index (κ1) is 14.3. The van der Waals surface area contributed by atoms with Gasteiger partial charge in [0.1, 0.15) is 0 Å². The molecule has 0 bridgehead atoms. The Labute approximate surface area is 116 Å². The summed E-state index contributed by atoms with van der Waals surface area (Å²) in [5.41, 5.74) is 2.90. The van der Waals surface area contributed by atoms with Crippen LogP contribution in [0.3, 0.4) is 0 Å². The molecule has 2 nitrogen and oxygen atoms in total. The van der Waals surface area contributed by atoms with Crippen molar-refractivity contribution in [1.29, 1.82) is 0 Å². The van der Waals surface area contributed by atoms with Crippen LogP contribution in [0.1, 0.15) is 38.3 Å². The summed E-state index contributed by atoms with van der Waals surface area (Å²) in [6, 6.07) is 9.25. The molecule has 0 spiro atoms. The molecule has 2 atom stereocenters. The molecule has 0 saturated carbocycles. The zero-order valence-electron chi connectivity index (χ0n) is 12.2. The van der Waals surface area contributed by atoms with Crippen LogP contribution in [0.2, 0.25) is 0 Å². The Morgan fingerprint density at radius 3 is 2.37 bits per heavy atom. The molecule has 0 radical (unpaired) electrons. The fourth-order valence-corrected chi connectivity index (χ4v) is 2.43. The van der Waals surface area contributed by atoms with E-state index in [1.165, 1.54) is 11.1 Å². The second-order valence-corrected chi connectivity index (χ2v) is 6.50. The van der Waals surface area contributed by atoms with Crippen molar-refractivity contribution in [3.8, 4) is 0 Å². The van der Waals surface area contributed by atoms with Crippen molar-refractivity contribution in [3.05, 3.63) is 47.5 Å². The third-order valence-corrected chi connectivity index (χ3v) is 3.80. The smallest absolute Gasteiger partial charge is 0.0494 e. The fraction of sp³-hybridized carbons (Fsp3) is 0.529. The summed E-state index contributed by atoms with van der Waals surface area (Å²) < 4.78 is 0. The molecular weight excluding hydrogens is 234 g/mol. The Hall–Kier alpha value is -1.12. The number of nitrogens with one attached hydrogen (secondary N) is 1. The highest BCUT2D eigenvalue weighted by molar-refractivity contribution is 5.27. The molecule has 1 aliphatic rings. The van der Waals surface area contributed by atoms with E-state index in [9.17, 15) is 0 Å². The normalized spacial score (nSPS) is 22.9. The van der Waals surface area contributed by atoms with E-state index in [2.05, 4.69) is 62.5 Å². The Morgan fingerprint density at radius 2 is 1.84 bits per heavy atom. The summed E-state index contributed by atoms with van der Waals surface area (Å²) in [5, 5.41) is 12.6. The maximum Gasteiger partial charge on any atom is 0.0494 e. The van der Waals surface area contributed by atoms with Gasteiger partial charge in [-0.1, -0.05) is 57.2 Å². The van der Waals surface area contributed by atoms with E-state index in [1.54, 1.807) is 0 Å². The van der Waals surface area contributed by atoms with Crippen LogP contribution >= 0.6 is 0 Å². The highest BCUT2D eigenvalue weighted by Gasteiger charge is 2.17. The maximum absolute atomic E-state index is 9.10. The number of aliphatic hydroxyl groups is 1. The molecule has 0 fully saturated rings. The molecule has 1 aliphatic carbocycles. The largest absolute Gasteiger partial charge is 0.396 e. The summed E-state index contributed by atoms with van der Waals surface area (Å²) in [6.45, 7) is 7.85. The van der Waals surface area contributed by atoms with Crippen molar-refractivity contribution >= 4 is 0 Å². The van der Waals surface area contributed by atoms with Gasteiger partial charge in [-0.25, -0.2) is 0 Å². The number of rotatable bonds is 4. The van der Waals surface area contributed by atoms with Gasteiger partial charge in [0.15, 0.2) is 0 Å². The van der Waals surface area contributed by atoms with E-state index in [-0.39, 0.29) is 12.0 Å². The van der Waals surface area contributed by atoms with Gasteiger partial charge in [-0.05, 0) is 23.0 Å². The number of benzene rings is 1. The zero-order chi connectivity index (χ0) is 13.9. The van der Waals surface area contributed by atoms with E-state index >= 15 is 0 Å². The lowest BCUT2D eigenvalue weighted by Crippen LogP contribution is -2.26. The van der Waals surface area contributed by atoms with Gasteiger partial charge in [0.05, 0.1) is 0 Å². The van der Waals surface area contributed by atoms with E-state index in [0.29, 0.717) is 12.0 Å². The van der Waals surface area contributed by atoms with Crippen LogP contribution in [0, 0.1) is 5.92 Å². The summed E-state index contributed by atoms with van der Waals surface area (Å²) in [7, 11) is 0. The lowest BCUT2D eigenvalue weighted by molar-refractivity contribution is 0.246. The summed E-state index contributed by atoms with van der Waals surface area (Å²) >= 11 is 0. The highest BCUT2D eigenvalue weighted by atomic mass is 16.3. The van der Waals surface area contributed by atoms with Gasteiger partial charge in [-0.2, -0.15) is 0 Å². The average Bonchev–Trinajstić information content (AvgIpc) is 2.84. The Morgan fingerprint density at radius 1 is 1.16 bits per heavy atom. The van der Waals surface area contributed by atoms with Crippen LogP contribution in [0.4, 0.5) is 0 Å². The Kier molecular flexibility index (Phi) is 4.43. The molecule has 0 unspecified atom stereocenters. The molecule has 0 saturated heterocycles. The van der Waals surface area contributed by atoms with Gasteiger partial charge in [-0.15, -0.1) is 0 Å². The van der Waals surface area contributed by atoms with Crippen molar-refractivity contribution in [3.63, 3.8) is 0 Å². The second kappa shape index (κ2) is 5.89. The average molecular weight is 259 g/mol. The van der Waals surface area contributed by atoms with Gasteiger partial charge in [0.2, 0.25) is 0 Å². The number of hydrogen-bond donors (Lipinski definition) is 2. The lowest BCUT2D eigenvalue weighted by atomic mass is 9.87. The quantitative estimate of drug-likeness (QED) is 0.815. The third-order valence-electron chi connectivity index (χ3n) is 3.80.